The Balaban J connectivity index is 1.32. The van der Waals surface area contributed by atoms with Gasteiger partial charge in [-0.2, -0.15) is 0 Å². The highest BCUT2D eigenvalue weighted by atomic mass is 16.5. The van der Waals surface area contributed by atoms with Crippen molar-refractivity contribution in [3.05, 3.63) is 87.1 Å². The number of aromatic amines is 1. The van der Waals surface area contributed by atoms with Crippen LogP contribution in [0.4, 0.5) is 5.69 Å². The Kier molecular flexibility index (Phi) is 6.27. The summed E-state index contributed by atoms with van der Waals surface area (Å²) in [4.78, 5) is 64.7. The first kappa shape index (κ1) is 24.2. The van der Waals surface area contributed by atoms with Gasteiger partial charge >= 0.3 is 11.7 Å². The van der Waals surface area contributed by atoms with Crippen molar-refractivity contribution in [3.63, 3.8) is 0 Å². The van der Waals surface area contributed by atoms with Crippen molar-refractivity contribution in [2.24, 2.45) is 0 Å². The highest BCUT2D eigenvalue weighted by Crippen LogP contribution is 2.28. The zero-order valence-corrected chi connectivity index (χ0v) is 19.5. The Morgan fingerprint density at radius 1 is 0.974 bits per heavy atom. The molecule has 3 amide bonds. The molecule has 0 unspecified atom stereocenters. The molecular weight excluding hydrogens is 498 g/mol. The highest BCUT2D eigenvalue weighted by molar-refractivity contribution is 5.98. The lowest BCUT2D eigenvalue weighted by Gasteiger charge is -2.18. The number of H-pyrrole nitrogens is 1. The maximum Gasteiger partial charge on any atom is 0.349 e. The molecule has 1 aliphatic heterocycles. The second-order valence-corrected chi connectivity index (χ2v) is 8.23. The fraction of sp³-hybridized carbons (Fsp3) is 0.125. The number of benzene rings is 2. The maximum atomic E-state index is 13.0. The van der Waals surface area contributed by atoms with Gasteiger partial charge in [0.15, 0.2) is 6.61 Å². The van der Waals surface area contributed by atoms with Crippen LogP contribution in [-0.2, 0) is 17.9 Å². The number of nitrogens with zero attached hydrogens (tertiary/aromatic N) is 3. The third kappa shape index (κ3) is 4.90. The Morgan fingerprint density at radius 3 is 2.45 bits per heavy atom. The molecule has 0 radical (unpaired) electrons. The van der Waals surface area contributed by atoms with Crippen LogP contribution < -0.4 is 26.4 Å². The minimum Gasteiger partial charge on any atom is -0.482 e. The number of hydrogen-bond acceptors (Lipinski definition) is 8. The third-order valence-corrected chi connectivity index (χ3v) is 5.64. The molecule has 192 valence electrons. The molecule has 5 rings (SSSR count). The molecule has 2 aromatic heterocycles. The van der Waals surface area contributed by atoms with E-state index in [2.05, 4.69) is 31.1 Å². The van der Waals surface area contributed by atoms with Crippen molar-refractivity contribution < 1.29 is 29.0 Å². The van der Waals surface area contributed by atoms with Gasteiger partial charge in [0.05, 0.1) is 11.3 Å². The molecule has 14 heteroatoms. The van der Waals surface area contributed by atoms with E-state index in [9.17, 15) is 24.0 Å². The topological polar surface area (TPSA) is 197 Å². The average Bonchev–Trinajstić information content (AvgIpc) is 3.30. The minimum absolute atomic E-state index is 0.0370. The molecule has 38 heavy (non-hydrogen) atoms. The molecule has 5 N–H and O–H groups in total. The molecule has 0 fully saturated rings. The lowest BCUT2D eigenvalue weighted by molar-refractivity contribution is -0.118. The lowest BCUT2D eigenvalue weighted by atomic mass is 10.1. The molecule has 14 nitrogen and oxygen atoms in total. The number of amides is 3. The summed E-state index contributed by atoms with van der Waals surface area (Å²) in [5.74, 6) is -2.32. The summed E-state index contributed by atoms with van der Waals surface area (Å²) in [5.41, 5.74) is 0.847. The Hall–Kier alpha value is -5.53. The Bertz CT molecular complexity index is 1660. The Morgan fingerprint density at radius 2 is 1.68 bits per heavy atom. The largest absolute Gasteiger partial charge is 0.482 e. The number of anilines is 1. The van der Waals surface area contributed by atoms with E-state index in [1.807, 2.05) is 0 Å². The van der Waals surface area contributed by atoms with Crippen LogP contribution in [0.5, 0.6) is 5.75 Å². The van der Waals surface area contributed by atoms with Gasteiger partial charge in [0, 0.05) is 13.1 Å². The SMILES string of the molecule is O=C1COc2ccc(CNC(=O)c3cc(C(=O)NCc4ccc(C(=O)O)cc4)n4c(=O)[nH]nc4n3)cc2N1. The van der Waals surface area contributed by atoms with Gasteiger partial charge in [-0.15, -0.1) is 5.10 Å². The van der Waals surface area contributed by atoms with Crippen LogP contribution in [0.25, 0.3) is 5.78 Å². The van der Waals surface area contributed by atoms with E-state index in [-0.39, 0.29) is 48.3 Å². The number of carboxylic acid groups (broad SMARTS) is 1. The van der Waals surface area contributed by atoms with Crippen LogP contribution in [0.3, 0.4) is 0 Å². The fourth-order valence-electron chi connectivity index (χ4n) is 3.75. The van der Waals surface area contributed by atoms with Crippen LogP contribution in [0.2, 0.25) is 0 Å². The van der Waals surface area contributed by atoms with Crippen LogP contribution >= 0.6 is 0 Å². The first-order chi connectivity index (χ1) is 18.3. The van der Waals surface area contributed by atoms with Crippen molar-refractivity contribution in [3.8, 4) is 5.75 Å². The second kappa shape index (κ2) is 9.85. The average molecular weight is 517 g/mol. The van der Waals surface area contributed by atoms with E-state index in [4.69, 9.17) is 9.84 Å². The lowest BCUT2D eigenvalue weighted by Crippen LogP contribution is -2.30. The number of nitrogens with one attached hydrogen (secondary N) is 4. The summed E-state index contributed by atoms with van der Waals surface area (Å²) in [6.07, 6.45) is 0. The molecule has 0 spiro atoms. The van der Waals surface area contributed by atoms with Gasteiger partial charge in [-0.3, -0.25) is 14.4 Å². The number of carboxylic acids is 1. The summed E-state index contributed by atoms with van der Waals surface area (Å²) >= 11 is 0. The van der Waals surface area contributed by atoms with Gasteiger partial charge in [-0.05, 0) is 41.5 Å². The monoisotopic (exact) mass is 517 g/mol. The smallest absolute Gasteiger partial charge is 0.349 e. The fourth-order valence-corrected chi connectivity index (χ4v) is 3.75. The standard InChI is InChI=1S/C24H19N7O7/c32-19-11-38-18-6-3-13(7-15(18)27-19)10-25-20(33)16-8-17(31-23(28-16)29-30-24(31)37)21(34)26-9-12-1-4-14(5-2-12)22(35)36/h1-8H,9-11H2,(H,25,33)(H,26,34)(H,27,32)(H,30,37)(H,35,36). The van der Waals surface area contributed by atoms with Crippen molar-refractivity contribution in [2.75, 3.05) is 11.9 Å². The second-order valence-electron chi connectivity index (χ2n) is 8.23. The number of carbonyl (C=O) groups excluding carboxylic acids is 3. The molecule has 1 aliphatic rings. The van der Waals surface area contributed by atoms with Crippen molar-refractivity contribution in [2.45, 2.75) is 13.1 Å². The summed E-state index contributed by atoms with van der Waals surface area (Å²) in [7, 11) is 0. The number of aromatic nitrogens is 4. The van der Waals surface area contributed by atoms with Gasteiger partial charge < -0.3 is 25.8 Å². The van der Waals surface area contributed by atoms with Crippen LogP contribution in [0.1, 0.15) is 42.5 Å². The van der Waals surface area contributed by atoms with Gasteiger partial charge in [-0.1, -0.05) is 18.2 Å². The van der Waals surface area contributed by atoms with Crippen molar-refractivity contribution in [1.82, 2.24) is 30.2 Å². The molecule has 0 atom stereocenters. The number of carbonyl (C=O) groups is 4. The van der Waals surface area contributed by atoms with E-state index in [1.165, 1.54) is 18.2 Å². The summed E-state index contributed by atoms with van der Waals surface area (Å²) in [6, 6.07) is 12.1. The molecule has 4 aromatic rings. The molecule has 0 saturated carbocycles. The molecule has 3 heterocycles. The summed E-state index contributed by atoms with van der Waals surface area (Å²) < 4.78 is 6.25. The zero-order valence-electron chi connectivity index (χ0n) is 19.5. The molecular formula is C24H19N7O7. The molecule has 2 aromatic carbocycles. The number of ether oxygens (including phenoxy) is 1. The summed E-state index contributed by atoms with van der Waals surface area (Å²) in [5, 5.41) is 23.0. The zero-order chi connectivity index (χ0) is 26.8. The minimum atomic E-state index is -1.07. The van der Waals surface area contributed by atoms with Gasteiger partial charge in [0.2, 0.25) is 0 Å². The van der Waals surface area contributed by atoms with Crippen LogP contribution in [0, 0.1) is 0 Å². The van der Waals surface area contributed by atoms with Gasteiger partial charge in [-0.25, -0.2) is 24.1 Å². The van der Waals surface area contributed by atoms with E-state index < -0.39 is 23.5 Å². The van der Waals surface area contributed by atoms with E-state index in [1.54, 1.807) is 30.3 Å². The molecule has 0 aliphatic carbocycles. The number of fused-ring (bicyclic) bond motifs is 2. The molecule has 0 bridgehead atoms. The number of rotatable bonds is 7. The number of aromatic carboxylic acids is 1. The Labute approximate surface area is 212 Å². The highest BCUT2D eigenvalue weighted by Gasteiger charge is 2.20. The molecule has 0 saturated heterocycles. The van der Waals surface area contributed by atoms with E-state index in [0.29, 0.717) is 22.6 Å². The maximum absolute atomic E-state index is 13.0. The predicted molar refractivity (Wildman–Crippen MR) is 130 cm³/mol. The van der Waals surface area contributed by atoms with Gasteiger partial charge in [0.1, 0.15) is 17.1 Å². The third-order valence-electron chi connectivity index (χ3n) is 5.64. The van der Waals surface area contributed by atoms with Crippen LogP contribution in [-0.4, -0.2) is 55.0 Å². The number of hydrogen-bond donors (Lipinski definition) is 5. The van der Waals surface area contributed by atoms with E-state index in [0.717, 1.165) is 4.40 Å². The van der Waals surface area contributed by atoms with E-state index >= 15 is 0 Å². The normalized spacial score (nSPS) is 12.3. The van der Waals surface area contributed by atoms with Gasteiger partial charge in [0.25, 0.3) is 23.5 Å². The van der Waals surface area contributed by atoms with Crippen molar-refractivity contribution >= 4 is 35.2 Å². The van der Waals surface area contributed by atoms with Crippen LogP contribution in [0.15, 0.2) is 53.3 Å². The first-order valence-electron chi connectivity index (χ1n) is 11.2. The quantitative estimate of drug-likeness (QED) is 0.229. The van der Waals surface area contributed by atoms with Crippen molar-refractivity contribution in [1.29, 1.82) is 0 Å². The predicted octanol–water partition coefficient (Wildman–Crippen LogP) is 0.307. The first-order valence-corrected chi connectivity index (χ1v) is 11.2. The summed E-state index contributed by atoms with van der Waals surface area (Å²) in [6.45, 7) is 0.0474.